The average molecular weight is 200 g/mol. The van der Waals surface area contributed by atoms with Crippen LogP contribution < -0.4 is 5.84 Å². The maximum Gasteiger partial charge on any atom is 0.422 e. The smallest absolute Gasteiger partial charge is 0.422 e. The van der Waals surface area contributed by atoms with Crippen molar-refractivity contribution in [2.45, 2.75) is 18.6 Å². The minimum Gasteiger partial charge on any atom is -0.464 e. The molecule has 0 rings (SSSR count). The summed E-state index contributed by atoms with van der Waals surface area (Å²) >= 11 is 0. The molecule has 0 radical (unpaired) electrons. The third-order valence-electron chi connectivity index (χ3n) is 1.18. The van der Waals surface area contributed by atoms with E-state index in [9.17, 15) is 22.8 Å². The second-order valence-electron chi connectivity index (χ2n) is 2.21. The number of hydrogen-bond acceptors (Lipinski definition) is 3. The van der Waals surface area contributed by atoms with Crippen LogP contribution in [-0.4, -0.2) is 34.7 Å². The molecule has 0 aromatic carbocycles. The summed E-state index contributed by atoms with van der Waals surface area (Å²) in [5, 5.41) is 7.97. The molecule has 3 N–H and O–H groups in total. The summed E-state index contributed by atoms with van der Waals surface area (Å²) in [6.07, 6.45) is -8.17. The van der Waals surface area contributed by atoms with Crippen LogP contribution in [-0.2, 0) is 4.79 Å². The van der Waals surface area contributed by atoms with Gasteiger partial charge in [0.15, 0.2) is 0 Å². The minimum absolute atomic E-state index is 0.165. The number of carbonyl (C=O) groups excluding carboxylic acids is 1. The Bertz CT molecular complexity index is 206. The molecule has 1 unspecified atom stereocenters. The van der Waals surface area contributed by atoms with Crippen molar-refractivity contribution >= 4 is 12.4 Å². The molecule has 0 fully saturated rings. The van der Waals surface area contributed by atoms with Crippen molar-refractivity contribution in [2.75, 3.05) is 0 Å². The zero-order valence-corrected chi connectivity index (χ0v) is 6.28. The van der Waals surface area contributed by atoms with Crippen LogP contribution >= 0.6 is 0 Å². The van der Waals surface area contributed by atoms with Gasteiger partial charge in [0.1, 0.15) is 12.3 Å². The van der Waals surface area contributed by atoms with Gasteiger partial charge in [-0.15, -0.1) is 0 Å². The molecule has 0 aromatic rings. The quantitative estimate of drug-likeness (QED) is 0.298. The third kappa shape index (κ3) is 4.31. The van der Waals surface area contributed by atoms with E-state index < -0.39 is 24.7 Å². The summed E-state index contributed by atoms with van der Waals surface area (Å²) < 4.78 is 35.0. The van der Waals surface area contributed by atoms with Crippen LogP contribution in [0.3, 0.4) is 0 Å². The Balaban J connectivity index is 4.35. The zero-order valence-electron chi connectivity index (χ0n) is 6.28. The number of hydrogen-bond donors (Lipinski definition) is 2. The topological polar surface area (TPSA) is 83.6 Å². The molecule has 8 heteroatoms. The van der Waals surface area contributed by atoms with Crippen molar-refractivity contribution in [3.63, 3.8) is 0 Å². The summed E-state index contributed by atoms with van der Waals surface area (Å²) in [7, 11) is 0. The number of halogens is 3. The van der Waals surface area contributed by atoms with Crippen LogP contribution in [0.2, 0.25) is 0 Å². The van der Waals surface area contributed by atoms with E-state index in [2.05, 4.69) is 5.84 Å². The highest BCUT2D eigenvalue weighted by Crippen LogP contribution is 2.22. The van der Waals surface area contributed by atoms with Crippen molar-refractivity contribution in [1.29, 1.82) is 0 Å². The van der Waals surface area contributed by atoms with Gasteiger partial charge in [0.2, 0.25) is 0 Å². The molecule has 0 saturated heterocycles. The summed E-state index contributed by atoms with van der Waals surface area (Å²) in [5.41, 5.74) is 0. The Morgan fingerprint density at radius 2 is 2.08 bits per heavy atom. The summed E-state index contributed by atoms with van der Waals surface area (Å²) in [6.45, 7) is 0. The van der Waals surface area contributed by atoms with E-state index in [1.807, 2.05) is 0 Å². The molecule has 0 aromatic heterocycles. The van der Waals surface area contributed by atoms with E-state index in [0.29, 0.717) is 0 Å². The number of rotatable bonds is 3. The van der Waals surface area contributed by atoms with Crippen LogP contribution in [0.5, 0.6) is 0 Å². The lowest BCUT2D eigenvalue weighted by atomic mass is 10.2. The van der Waals surface area contributed by atoms with Gasteiger partial charge in [0.05, 0.1) is 6.42 Å². The first-order valence-electron chi connectivity index (χ1n) is 3.07. The Morgan fingerprint density at radius 3 is 2.31 bits per heavy atom. The standard InChI is InChI=1S/C5H7F3N2O3/c6-5(7,8)1-3(2-11)10(9)4(12)13/h2-3H,1,9H2,(H,12,13). The zero-order chi connectivity index (χ0) is 10.6. The SMILES string of the molecule is NN(C(=O)O)C(C=O)CC(F)(F)F. The van der Waals surface area contributed by atoms with Crippen LogP contribution in [0.15, 0.2) is 0 Å². The number of hydrazine groups is 1. The Hall–Kier alpha value is -1.31. The van der Waals surface area contributed by atoms with Crippen LogP contribution in [0.25, 0.3) is 0 Å². The predicted molar refractivity (Wildman–Crippen MR) is 34.6 cm³/mol. The molecule has 1 amide bonds. The highest BCUT2D eigenvalue weighted by atomic mass is 19.4. The molecule has 1 atom stereocenters. The summed E-state index contributed by atoms with van der Waals surface area (Å²) in [5.74, 6) is 4.68. The molecule has 0 aliphatic heterocycles. The average Bonchev–Trinajstić information content (AvgIpc) is 1.97. The number of carbonyl (C=O) groups is 2. The number of nitrogens with zero attached hydrogens (tertiary/aromatic N) is 1. The maximum absolute atomic E-state index is 11.7. The Morgan fingerprint density at radius 1 is 1.62 bits per heavy atom. The van der Waals surface area contributed by atoms with Crippen LogP contribution in [0.1, 0.15) is 6.42 Å². The lowest BCUT2D eigenvalue weighted by Gasteiger charge is -2.20. The van der Waals surface area contributed by atoms with Gasteiger partial charge >= 0.3 is 12.3 Å². The monoisotopic (exact) mass is 200 g/mol. The summed E-state index contributed by atoms with van der Waals surface area (Å²) in [6, 6.07) is -1.89. The third-order valence-corrected chi connectivity index (χ3v) is 1.18. The van der Waals surface area contributed by atoms with E-state index in [4.69, 9.17) is 5.11 Å². The van der Waals surface area contributed by atoms with Gasteiger partial charge in [0.25, 0.3) is 0 Å². The number of aldehydes is 1. The highest BCUT2D eigenvalue weighted by molar-refractivity contribution is 5.70. The van der Waals surface area contributed by atoms with Gasteiger partial charge in [-0.1, -0.05) is 0 Å². The van der Waals surface area contributed by atoms with E-state index in [0.717, 1.165) is 0 Å². The fourth-order valence-corrected chi connectivity index (χ4v) is 0.591. The van der Waals surface area contributed by atoms with Gasteiger partial charge < -0.3 is 9.90 Å². The van der Waals surface area contributed by atoms with Crippen molar-refractivity contribution in [3.8, 4) is 0 Å². The van der Waals surface area contributed by atoms with E-state index in [1.165, 1.54) is 0 Å². The van der Waals surface area contributed by atoms with Gasteiger partial charge in [-0.25, -0.2) is 15.6 Å². The van der Waals surface area contributed by atoms with Crippen molar-refractivity contribution in [1.82, 2.24) is 5.01 Å². The van der Waals surface area contributed by atoms with Crippen molar-refractivity contribution < 1.29 is 27.9 Å². The van der Waals surface area contributed by atoms with E-state index >= 15 is 0 Å². The summed E-state index contributed by atoms with van der Waals surface area (Å²) in [4.78, 5) is 20.1. The molecule has 5 nitrogen and oxygen atoms in total. The first-order chi connectivity index (χ1) is 5.78. The number of carboxylic acid groups (broad SMARTS) is 1. The number of amides is 1. The molecule has 76 valence electrons. The second kappa shape index (κ2) is 4.08. The molecule has 0 spiro atoms. The molecule has 0 aliphatic rings. The molecule has 0 saturated carbocycles. The Kier molecular flexibility index (Phi) is 3.67. The van der Waals surface area contributed by atoms with E-state index in [-0.39, 0.29) is 11.3 Å². The molecular weight excluding hydrogens is 193 g/mol. The fourth-order valence-electron chi connectivity index (χ4n) is 0.591. The molecule has 0 bridgehead atoms. The molecule has 0 heterocycles. The lowest BCUT2D eigenvalue weighted by Crippen LogP contribution is -2.47. The first-order valence-corrected chi connectivity index (χ1v) is 3.07. The largest absolute Gasteiger partial charge is 0.464 e. The maximum atomic E-state index is 11.7. The normalized spacial score (nSPS) is 13.5. The van der Waals surface area contributed by atoms with Gasteiger partial charge in [0, 0.05) is 0 Å². The number of nitrogens with two attached hydrogens (primary N) is 1. The fraction of sp³-hybridized carbons (Fsp3) is 0.600. The molecule has 13 heavy (non-hydrogen) atoms. The number of alkyl halides is 3. The molecule has 0 aliphatic carbocycles. The van der Waals surface area contributed by atoms with Gasteiger partial charge in [-0.3, -0.25) is 0 Å². The van der Waals surface area contributed by atoms with Crippen LogP contribution in [0, 0.1) is 0 Å². The van der Waals surface area contributed by atoms with Crippen LogP contribution in [0.4, 0.5) is 18.0 Å². The van der Waals surface area contributed by atoms with Crippen molar-refractivity contribution in [2.24, 2.45) is 5.84 Å². The lowest BCUT2D eigenvalue weighted by molar-refractivity contribution is -0.150. The second-order valence-corrected chi connectivity index (χ2v) is 2.21. The predicted octanol–water partition coefficient (Wildman–Crippen LogP) is 0.360. The Labute approximate surface area is 70.9 Å². The van der Waals surface area contributed by atoms with Gasteiger partial charge in [-0.2, -0.15) is 13.2 Å². The van der Waals surface area contributed by atoms with Crippen molar-refractivity contribution in [3.05, 3.63) is 0 Å². The molecular formula is C5H7F3N2O3. The van der Waals surface area contributed by atoms with E-state index in [1.54, 1.807) is 0 Å². The highest BCUT2D eigenvalue weighted by Gasteiger charge is 2.35. The minimum atomic E-state index is -4.63. The van der Waals surface area contributed by atoms with Gasteiger partial charge in [-0.05, 0) is 0 Å². The first kappa shape index (κ1) is 11.7.